The Morgan fingerprint density at radius 2 is 2.06 bits per heavy atom. The highest BCUT2D eigenvalue weighted by Crippen LogP contribution is 2.53. The molecule has 1 heterocycles. The second-order valence-electron chi connectivity index (χ2n) is 6.98. The van der Waals surface area contributed by atoms with Gasteiger partial charge in [-0.1, -0.05) is 33.6 Å². The highest BCUT2D eigenvalue weighted by atomic mass is 16.6. The van der Waals surface area contributed by atoms with Crippen LogP contribution in [0.4, 0.5) is 0 Å². The van der Waals surface area contributed by atoms with Crippen molar-refractivity contribution in [2.45, 2.75) is 72.3 Å². The number of rotatable bonds is 3. The van der Waals surface area contributed by atoms with Crippen molar-refractivity contribution in [3.05, 3.63) is 0 Å². The maximum absolute atomic E-state index is 12.2. The summed E-state index contributed by atoms with van der Waals surface area (Å²) in [7, 11) is 0. The predicted octanol–water partition coefficient (Wildman–Crippen LogP) is 3.93. The van der Waals surface area contributed by atoms with E-state index in [0.29, 0.717) is 11.3 Å². The molecule has 3 unspecified atom stereocenters. The first-order chi connectivity index (χ1) is 7.89. The molecular formula is C15H26O2. The summed E-state index contributed by atoms with van der Waals surface area (Å²) in [6.07, 6.45) is 6.92. The fraction of sp³-hybridized carbons (Fsp3) is 0.933. The molecule has 2 aliphatic rings. The predicted molar refractivity (Wildman–Crippen MR) is 68.6 cm³/mol. The van der Waals surface area contributed by atoms with Crippen molar-refractivity contribution < 1.29 is 9.53 Å². The zero-order valence-electron chi connectivity index (χ0n) is 11.7. The Bertz CT molecular complexity index is 308. The highest BCUT2D eigenvalue weighted by Gasteiger charge is 2.55. The van der Waals surface area contributed by atoms with Gasteiger partial charge >= 0.3 is 5.97 Å². The van der Waals surface area contributed by atoms with Gasteiger partial charge < -0.3 is 4.74 Å². The molecule has 1 saturated heterocycles. The topological polar surface area (TPSA) is 26.3 Å². The zero-order chi connectivity index (χ0) is 12.7. The van der Waals surface area contributed by atoms with Gasteiger partial charge in [-0.3, -0.25) is 4.79 Å². The standard InChI is InChI=1S/C15H26O2/c1-5-6-8-15(4)11-7-9-14(2,3)10-12(11)17-13(15)16/h11-12H,5-10H2,1-4H3. The molecule has 3 atom stereocenters. The molecule has 2 heteroatoms. The summed E-state index contributed by atoms with van der Waals surface area (Å²) in [6.45, 7) is 8.90. The Morgan fingerprint density at radius 3 is 2.71 bits per heavy atom. The van der Waals surface area contributed by atoms with Crippen LogP contribution in [0.15, 0.2) is 0 Å². The Balaban J connectivity index is 2.13. The normalized spacial score (nSPS) is 39.9. The summed E-state index contributed by atoms with van der Waals surface area (Å²) < 4.78 is 5.67. The molecule has 2 rings (SSSR count). The number of carbonyl (C=O) groups is 1. The third kappa shape index (κ3) is 2.23. The number of esters is 1. The molecule has 0 radical (unpaired) electrons. The van der Waals surface area contributed by atoms with Gasteiger partial charge in [-0.05, 0) is 38.0 Å². The van der Waals surface area contributed by atoms with Crippen LogP contribution in [0.2, 0.25) is 0 Å². The van der Waals surface area contributed by atoms with Crippen molar-refractivity contribution in [1.82, 2.24) is 0 Å². The lowest BCUT2D eigenvalue weighted by Gasteiger charge is -2.39. The second-order valence-corrected chi connectivity index (χ2v) is 6.98. The van der Waals surface area contributed by atoms with E-state index in [9.17, 15) is 4.79 Å². The summed E-state index contributed by atoms with van der Waals surface area (Å²) in [6, 6.07) is 0. The zero-order valence-corrected chi connectivity index (χ0v) is 11.7. The number of hydrogen-bond acceptors (Lipinski definition) is 2. The maximum atomic E-state index is 12.2. The van der Waals surface area contributed by atoms with Crippen LogP contribution < -0.4 is 0 Å². The minimum Gasteiger partial charge on any atom is -0.462 e. The Hall–Kier alpha value is -0.530. The second kappa shape index (κ2) is 4.29. The Morgan fingerprint density at radius 1 is 1.35 bits per heavy atom. The van der Waals surface area contributed by atoms with Gasteiger partial charge in [0.2, 0.25) is 0 Å². The molecule has 17 heavy (non-hydrogen) atoms. The third-order valence-electron chi connectivity index (χ3n) is 4.93. The van der Waals surface area contributed by atoms with E-state index in [2.05, 4.69) is 27.7 Å². The molecule has 2 nitrogen and oxygen atoms in total. The molecule has 1 aliphatic carbocycles. The first-order valence-electron chi connectivity index (χ1n) is 7.10. The number of ether oxygens (including phenoxy) is 1. The van der Waals surface area contributed by atoms with Gasteiger partial charge in [0.1, 0.15) is 6.10 Å². The minimum absolute atomic E-state index is 0.0682. The average Bonchev–Trinajstić information content (AvgIpc) is 2.47. The van der Waals surface area contributed by atoms with E-state index in [1.165, 1.54) is 6.42 Å². The van der Waals surface area contributed by atoms with Crippen LogP contribution in [0.3, 0.4) is 0 Å². The van der Waals surface area contributed by atoms with Crippen molar-refractivity contribution in [2.24, 2.45) is 16.7 Å². The van der Waals surface area contributed by atoms with Gasteiger partial charge in [0.05, 0.1) is 5.41 Å². The SMILES string of the molecule is CCCCC1(C)C(=O)OC2CC(C)(C)CCC21. The van der Waals surface area contributed by atoms with Crippen LogP contribution >= 0.6 is 0 Å². The fourth-order valence-electron chi connectivity index (χ4n) is 3.63. The van der Waals surface area contributed by atoms with Crippen LogP contribution in [-0.2, 0) is 9.53 Å². The van der Waals surface area contributed by atoms with Gasteiger partial charge in [0.25, 0.3) is 0 Å². The summed E-state index contributed by atoms with van der Waals surface area (Å²) in [4.78, 5) is 12.2. The van der Waals surface area contributed by atoms with Crippen molar-refractivity contribution in [3.63, 3.8) is 0 Å². The molecule has 1 aliphatic heterocycles. The summed E-state index contributed by atoms with van der Waals surface area (Å²) in [5.74, 6) is 0.535. The summed E-state index contributed by atoms with van der Waals surface area (Å²) in [5, 5.41) is 0. The van der Waals surface area contributed by atoms with Crippen LogP contribution in [0.5, 0.6) is 0 Å². The van der Waals surface area contributed by atoms with Crippen molar-refractivity contribution in [2.75, 3.05) is 0 Å². The molecule has 0 bridgehead atoms. The van der Waals surface area contributed by atoms with Gasteiger partial charge in [0, 0.05) is 5.92 Å². The number of unbranched alkanes of at least 4 members (excludes halogenated alkanes) is 1. The largest absolute Gasteiger partial charge is 0.462 e. The van der Waals surface area contributed by atoms with E-state index in [1.807, 2.05) is 0 Å². The first kappa shape index (κ1) is 12.9. The molecule has 0 aromatic rings. The van der Waals surface area contributed by atoms with E-state index >= 15 is 0 Å². The molecular weight excluding hydrogens is 212 g/mol. The smallest absolute Gasteiger partial charge is 0.312 e. The summed E-state index contributed by atoms with van der Waals surface area (Å²) in [5.41, 5.74) is 0.147. The minimum atomic E-state index is -0.197. The molecule has 0 aromatic carbocycles. The van der Waals surface area contributed by atoms with E-state index in [1.54, 1.807) is 0 Å². The molecule has 2 fully saturated rings. The molecule has 1 saturated carbocycles. The van der Waals surface area contributed by atoms with Crippen molar-refractivity contribution >= 4 is 5.97 Å². The van der Waals surface area contributed by atoms with Gasteiger partial charge in [0.15, 0.2) is 0 Å². The van der Waals surface area contributed by atoms with Gasteiger partial charge in [-0.25, -0.2) is 0 Å². The average molecular weight is 238 g/mol. The van der Waals surface area contributed by atoms with E-state index in [-0.39, 0.29) is 17.5 Å². The van der Waals surface area contributed by atoms with Crippen molar-refractivity contribution in [1.29, 1.82) is 0 Å². The Labute approximate surface area is 105 Å². The van der Waals surface area contributed by atoms with E-state index in [4.69, 9.17) is 4.74 Å². The number of fused-ring (bicyclic) bond motifs is 1. The van der Waals surface area contributed by atoms with Crippen LogP contribution in [0.25, 0.3) is 0 Å². The van der Waals surface area contributed by atoms with E-state index in [0.717, 1.165) is 32.1 Å². The van der Waals surface area contributed by atoms with E-state index < -0.39 is 0 Å². The quantitative estimate of drug-likeness (QED) is 0.696. The highest BCUT2D eigenvalue weighted by molar-refractivity contribution is 5.79. The lowest BCUT2D eigenvalue weighted by molar-refractivity contribution is -0.149. The summed E-state index contributed by atoms with van der Waals surface area (Å²) >= 11 is 0. The van der Waals surface area contributed by atoms with Gasteiger partial charge in [-0.15, -0.1) is 0 Å². The number of hydrogen-bond donors (Lipinski definition) is 0. The Kier molecular flexibility index (Phi) is 3.26. The molecule has 0 amide bonds. The third-order valence-corrected chi connectivity index (χ3v) is 4.93. The van der Waals surface area contributed by atoms with Crippen LogP contribution in [0.1, 0.15) is 66.2 Å². The monoisotopic (exact) mass is 238 g/mol. The van der Waals surface area contributed by atoms with Crippen molar-refractivity contribution in [3.8, 4) is 0 Å². The fourth-order valence-corrected chi connectivity index (χ4v) is 3.63. The lowest BCUT2D eigenvalue weighted by Crippen LogP contribution is -2.38. The first-order valence-corrected chi connectivity index (χ1v) is 7.10. The number of carbonyl (C=O) groups excluding carboxylic acids is 1. The van der Waals surface area contributed by atoms with Gasteiger partial charge in [-0.2, -0.15) is 0 Å². The van der Waals surface area contributed by atoms with Crippen LogP contribution in [0, 0.1) is 16.7 Å². The molecule has 0 spiro atoms. The maximum Gasteiger partial charge on any atom is 0.312 e. The van der Waals surface area contributed by atoms with Crippen LogP contribution in [-0.4, -0.2) is 12.1 Å². The lowest BCUT2D eigenvalue weighted by atomic mass is 9.63. The molecule has 98 valence electrons. The molecule has 0 aromatic heterocycles. The molecule has 0 N–H and O–H groups in total.